The van der Waals surface area contributed by atoms with Gasteiger partial charge in [0, 0.05) is 31.5 Å². The highest BCUT2D eigenvalue weighted by molar-refractivity contribution is 7.90. The lowest BCUT2D eigenvalue weighted by atomic mass is 10.0. The molecular formula is C23H25FN4O6S. The van der Waals surface area contributed by atoms with Crippen molar-refractivity contribution in [3.05, 3.63) is 52.8 Å². The third-order valence-electron chi connectivity index (χ3n) is 5.65. The maximum Gasteiger partial charge on any atom is 0.410 e. The molecule has 0 N–H and O–H groups in total. The van der Waals surface area contributed by atoms with Gasteiger partial charge in [-0.15, -0.1) is 0 Å². The number of sulfone groups is 1. The molecule has 35 heavy (non-hydrogen) atoms. The Bertz CT molecular complexity index is 1430. The van der Waals surface area contributed by atoms with Crippen molar-refractivity contribution in [3.63, 3.8) is 0 Å². The molecule has 0 radical (unpaired) electrons. The van der Waals surface area contributed by atoms with E-state index >= 15 is 0 Å². The lowest BCUT2D eigenvalue weighted by Gasteiger charge is -2.33. The van der Waals surface area contributed by atoms with Gasteiger partial charge in [-0.3, -0.25) is 9.36 Å². The van der Waals surface area contributed by atoms with Gasteiger partial charge in [-0.05, 0) is 51.0 Å². The lowest BCUT2D eigenvalue weighted by molar-refractivity contribution is 0.0661. The van der Waals surface area contributed by atoms with Gasteiger partial charge < -0.3 is 14.4 Å². The van der Waals surface area contributed by atoms with Crippen LogP contribution >= 0.6 is 0 Å². The van der Waals surface area contributed by atoms with Gasteiger partial charge in [0.05, 0.1) is 16.4 Å². The zero-order valence-electron chi connectivity index (χ0n) is 19.5. The predicted octanol–water partition coefficient (Wildman–Crippen LogP) is 3.31. The molecule has 1 aliphatic heterocycles. The van der Waals surface area contributed by atoms with Gasteiger partial charge in [0.2, 0.25) is 5.88 Å². The number of halogens is 1. The zero-order valence-corrected chi connectivity index (χ0v) is 20.3. The van der Waals surface area contributed by atoms with Crippen LogP contribution in [-0.4, -0.2) is 59.4 Å². The average Bonchev–Trinajstić information content (AvgIpc) is 2.79. The number of carbonyl (C=O) groups is 1. The van der Waals surface area contributed by atoms with E-state index in [2.05, 4.69) is 9.97 Å². The van der Waals surface area contributed by atoms with Gasteiger partial charge >= 0.3 is 6.09 Å². The Morgan fingerprint density at radius 1 is 1.14 bits per heavy atom. The van der Waals surface area contributed by atoms with Crippen molar-refractivity contribution in [2.75, 3.05) is 19.3 Å². The number of carbonyl (C=O) groups excluding carboxylic acids is 1. The third kappa shape index (κ3) is 5.26. The largest absolute Gasteiger partial charge is 0.447 e. The minimum Gasteiger partial charge on any atom is -0.447 e. The first-order valence-corrected chi connectivity index (χ1v) is 12.9. The molecule has 186 valence electrons. The van der Waals surface area contributed by atoms with Crippen LogP contribution in [0, 0.1) is 5.82 Å². The molecule has 0 atom stereocenters. The molecule has 0 spiro atoms. The van der Waals surface area contributed by atoms with E-state index in [1.54, 1.807) is 18.7 Å². The first-order valence-electron chi connectivity index (χ1n) is 11.0. The van der Waals surface area contributed by atoms with Gasteiger partial charge in [0.25, 0.3) is 5.56 Å². The summed E-state index contributed by atoms with van der Waals surface area (Å²) in [6.45, 7) is 4.41. The number of ether oxygens (including phenoxy) is 2. The molecule has 3 aromatic rings. The smallest absolute Gasteiger partial charge is 0.410 e. The normalized spacial score (nSPS) is 14.9. The van der Waals surface area contributed by atoms with Gasteiger partial charge in [-0.1, -0.05) is 0 Å². The predicted molar refractivity (Wildman–Crippen MR) is 125 cm³/mol. The molecule has 1 fully saturated rings. The zero-order chi connectivity index (χ0) is 25.3. The van der Waals surface area contributed by atoms with Crippen molar-refractivity contribution in [2.45, 2.75) is 43.7 Å². The second-order valence-electron chi connectivity index (χ2n) is 8.57. The van der Waals surface area contributed by atoms with Crippen LogP contribution < -0.4 is 10.3 Å². The first-order chi connectivity index (χ1) is 16.5. The second-order valence-corrected chi connectivity index (χ2v) is 10.6. The third-order valence-corrected chi connectivity index (χ3v) is 6.76. The number of likely N-dealkylation sites (tertiary alicyclic amines) is 1. The highest BCUT2D eigenvalue weighted by atomic mass is 32.2. The summed E-state index contributed by atoms with van der Waals surface area (Å²) < 4.78 is 50.3. The fourth-order valence-corrected chi connectivity index (χ4v) is 4.60. The van der Waals surface area contributed by atoms with E-state index in [-0.39, 0.29) is 40.3 Å². The molecule has 0 saturated carbocycles. The van der Waals surface area contributed by atoms with E-state index in [0.29, 0.717) is 37.0 Å². The number of hydrogen-bond donors (Lipinski definition) is 0. The topological polar surface area (TPSA) is 121 Å². The number of benzene rings is 1. The Morgan fingerprint density at radius 2 is 1.86 bits per heavy atom. The summed E-state index contributed by atoms with van der Waals surface area (Å²) in [7, 11) is -3.58. The van der Waals surface area contributed by atoms with E-state index in [4.69, 9.17) is 9.47 Å². The fraction of sp³-hybridized carbons (Fsp3) is 0.391. The molecule has 10 nitrogen and oxygen atoms in total. The highest BCUT2D eigenvalue weighted by Crippen LogP contribution is 2.31. The number of rotatable bonds is 5. The number of aromatic nitrogens is 3. The van der Waals surface area contributed by atoms with Crippen molar-refractivity contribution in [2.24, 2.45) is 0 Å². The molecule has 12 heteroatoms. The van der Waals surface area contributed by atoms with Gasteiger partial charge in [-0.2, -0.15) is 0 Å². The van der Waals surface area contributed by atoms with Crippen LogP contribution in [0.5, 0.6) is 11.6 Å². The van der Waals surface area contributed by atoms with Crippen LogP contribution in [0.25, 0.3) is 11.0 Å². The fourth-order valence-electron chi connectivity index (χ4n) is 3.96. The van der Waals surface area contributed by atoms with Crippen LogP contribution in [0.1, 0.15) is 32.7 Å². The number of nitrogens with zero attached hydrogens (tertiary/aromatic N) is 4. The van der Waals surface area contributed by atoms with Gasteiger partial charge in [0.1, 0.15) is 12.0 Å². The second kappa shape index (κ2) is 9.61. The highest BCUT2D eigenvalue weighted by Gasteiger charge is 2.27. The van der Waals surface area contributed by atoms with Crippen molar-refractivity contribution in [1.82, 2.24) is 19.4 Å². The monoisotopic (exact) mass is 504 g/mol. The molecule has 1 aromatic carbocycles. The molecule has 2 aromatic heterocycles. The first kappa shape index (κ1) is 24.6. The minimum atomic E-state index is -3.58. The number of hydrogen-bond acceptors (Lipinski definition) is 8. The molecular weight excluding hydrogens is 479 g/mol. The molecule has 4 rings (SSSR count). The summed E-state index contributed by atoms with van der Waals surface area (Å²) in [5.74, 6) is -1.06. The molecule has 1 saturated heterocycles. The molecule has 1 aliphatic rings. The van der Waals surface area contributed by atoms with E-state index in [0.717, 1.165) is 12.3 Å². The number of pyridine rings is 1. The maximum absolute atomic E-state index is 14.6. The van der Waals surface area contributed by atoms with E-state index in [9.17, 15) is 22.4 Å². The summed E-state index contributed by atoms with van der Waals surface area (Å²) in [5, 5.41) is 0.389. The summed E-state index contributed by atoms with van der Waals surface area (Å²) in [4.78, 5) is 34.8. The SMILES string of the molecule is CC(C)OC(=O)N1CCC(n2c(=O)ccc3c(Oc4ccc(S(C)(=O)=O)cc4F)ncnc32)CC1. The summed E-state index contributed by atoms with van der Waals surface area (Å²) >= 11 is 0. The van der Waals surface area contributed by atoms with Crippen molar-refractivity contribution in [3.8, 4) is 11.6 Å². The summed E-state index contributed by atoms with van der Waals surface area (Å²) in [6, 6.07) is 5.97. The standard InChI is InChI=1S/C23H25FN4O6S/c1-14(2)33-23(30)27-10-8-15(9-11-27)28-20(29)7-5-17-21(28)25-13-26-22(17)34-19-6-4-16(12-18(19)24)35(3,31)32/h4-7,12-15H,8-11H2,1-3H3. The quantitative estimate of drug-likeness (QED) is 0.519. The van der Waals surface area contributed by atoms with Crippen LogP contribution in [0.15, 0.2) is 46.3 Å². The Kier molecular flexibility index (Phi) is 6.75. The Morgan fingerprint density at radius 3 is 2.49 bits per heavy atom. The number of amides is 1. The maximum atomic E-state index is 14.6. The molecule has 0 unspecified atom stereocenters. The minimum absolute atomic E-state index is 0.0210. The number of piperidine rings is 1. The van der Waals surface area contributed by atoms with Crippen LogP contribution in [0.2, 0.25) is 0 Å². The molecule has 3 heterocycles. The van der Waals surface area contributed by atoms with Crippen molar-refractivity contribution < 1.29 is 27.1 Å². The van der Waals surface area contributed by atoms with Crippen LogP contribution in [0.3, 0.4) is 0 Å². The summed E-state index contributed by atoms with van der Waals surface area (Å²) in [5.41, 5.74) is 0.0490. The van der Waals surface area contributed by atoms with Crippen LogP contribution in [0.4, 0.5) is 9.18 Å². The van der Waals surface area contributed by atoms with Crippen LogP contribution in [-0.2, 0) is 14.6 Å². The Hall–Kier alpha value is -3.54. The molecule has 0 bridgehead atoms. The van der Waals surface area contributed by atoms with E-state index < -0.39 is 15.7 Å². The van der Waals surface area contributed by atoms with Gasteiger partial charge in [-0.25, -0.2) is 27.6 Å². The molecule has 1 amide bonds. The average molecular weight is 505 g/mol. The molecule has 0 aliphatic carbocycles. The lowest BCUT2D eigenvalue weighted by Crippen LogP contribution is -2.41. The Labute approximate surface area is 201 Å². The van der Waals surface area contributed by atoms with E-state index in [1.807, 2.05) is 0 Å². The Balaban J connectivity index is 1.63. The van der Waals surface area contributed by atoms with E-state index in [1.165, 1.54) is 35.2 Å². The number of fused-ring (bicyclic) bond motifs is 1. The van der Waals surface area contributed by atoms with Crippen molar-refractivity contribution in [1.29, 1.82) is 0 Å². The summed E-state index contributed by atoms with van der Waals surface area (Å²) in [6.07, 6.45) is 2.64. The van der Waals surface area contributed by atoms with Gasteiger partial charge in [0.15, 0.2) is 21.4 Å². The van der Waals surface area contributed by atoms with Crippen molar-refractivity contribution >= 4 is 27.0 Å².